The van der Waals surface area contributed by atoms with Crippen LogP contribution in [0.1, 0.15) is 12.0 Å². The lowest BCUT2D eigenvalue weighted by atomic mass is 10.2. The Balaban J connectivity index is 1.68. The number of nitrogens with zero attached hydrogens (tertiary/aromatic N) is 1. The SMILES string of the molecule is Cc1cccc(OCCCN2CCOCC2CO)c1. The molecule has 1 atom stereocenters. The highest BCUT2D eigenvalue weighted by Crippen LogP contribution is 2.13. The fourth-order valence-electron chi connectivity index (χ4n) is 2.31. The summed E-state index contributed by atoms with van der Waals surface area (Å²) in [5.74, 6) is 0.931. The standard InChI is InChI=1S/C15H23NO3/c1-13-4-2-5-15(10-13)19-8-3-6-16-7-9-18-12-14(16)11-17/h2,4-5,10,14,17H,3,6-9,11-12H2,1H3. The topological polar surface area (TPSA) is 41.9 Å². The summed E-state index contributed by atoms with van der Waals surface area (Å²) in [7, 11) is 0. The Kier molecular flexibility index (Phi) is 5.63. The van der Waals surface area contributed by atoms with E-state index in [1.54, 1.807) is 0 Å². The van der Waals surface area contributed by atoms with E-state index in [0.717, 1.165) is 31.9 Å². The lowest BCUT2D eigenvalue weighted by molar-refractivity contribution is -0.0287. The molecule has 106 valence electrons. The average molecular weight is 265 g/mol. The number of aliphatic hydroxyl groups excluding tert-OH is 1. The van der Waals surface area contributed by atoms with Crippen LogP contribution in [-0.2, 0) is 4.74 Å². The van der Waals surface area contributed by atoms with E-state index in [2.05, 4.69) is 17.9 Å². The fraction of sp³-hybridized carbons (Fsp3) is 0.600. The number of hydrogen-bond acceptors (Lipinski definition) is 4. The summed E-state index contributed by atoms with van der Waals surface area (Å²) in [6.07, 6.45) is 0.963. The van der Waals surface area contributed by atoms with Crippen molar-refractivity contribution in [2.75, 3.05) is 39.5 Å². The van der Waals surface area contributed by atoms with Crippen molar-refractivity contribution in [3.8, 4) is 5.75 Å². The fourth-order valence-corrected chi connectivity index (χ4v) is 2.31. The van der Waals surface area contributed by atoms with Crippen molar-refractivity contribution in [2.24, 2.45) is 0 Å². The summed E-state index contributed by atoms with van der Waals surface area (Å²) < 4.78 is 11.1. The molecule has 1 aliphatic rings. The van der Waals surface area contributed by atoms with Crippen LogP contribution in [0, 0.1) is 6.92 Å². The molecule has 0 amide bonds. The molecule has 1 heterocycles. The highest BCUT2D eigenvalue weighted by Gasteiger charge is 2.21. The minimum Gasteiger partial charge on any atom is -0.494 e. The van der Waals surface area contributed by atoms with Gasteiger partial charge in [-0.15, -0.1) is 0 Å². The molecule has 0 saturated carbocycles. The predicted octanol–water partition coefficient (Wildman–Crippen LogP) is 1.46. The zero-order valence-corrected chi connectivity index (χ0v) is 11.5. The maximum atomic E-state index is 9.27. The van der Waals surface area contributed by atoms with Gasteiger partial charge < -0.3 is 14.6 Å². The number of morpholine rings is 1. The van der Waals surface area contributed by atoms with Gasteiger partial charge in [0.05, 0.1) is 32.5 Å². The molecular formula is C15H23NO3. The summed E-state index contributed by atoms with van der Waals surface area (Å²) in [5.41, 5.74) is 1.21. The third-order valence-electron chi connectivity index (χ3n) is 3.41. The Morgan fingerprint density at radius 1 is 1.47 bits per heavy atom. The van der Waals surface area contributed by atoms with Gasteiger partial charge in [0.15, 0.2) is 0 Å². The van der Waals surface area contributed by atoms with Crippen molar-refractivity contribution >= 4 is 0 Å². The Morgan fingerprint density at radius 3 is 3.16 bits per heavy atom. The maximum absolute atomic E-state index is 9.27. The molecule has 0 aliphatic carbocycles. The van der Waals surface area contributed by atoms with E-state index in [9.17, 15) is 5.11 Å². The second-order valence-corrected chi connectivity index (χ2v) is 4.97. The lowest BCUT2D eigenvalue weighted by Crippen LogP contribution is -2.47. The van der Waals surface area contributed by atoms with Crippen LogP contribution < -0.4 is 4.74 Å². The summed E-state index contributed by atoms with van der Waals surface area (Å²) in [5, 5.41) is 9.27. The van der Waals surface area contributed by atoms with Gasteiger partial charge in [0.1, 0.15) is 5.75 Å². The quantitative estimate of drug-likeness (QED) is 0.791. The molecule has 1 aromatic rings. The maximum Gasteiger partial charge on any atom is 0.119 e. The molecule has 1 fully saturated rings. The molecule has 0 aromatic heterocycles. The Hall–Kier alpha value is -1.10. The van der Waals surface area contributed by atoms with Crippen LogP contribution in [0.4, 0.5) is 0 Å². The molecule has 19 heavy (non-hydrogen) atoms. The number of ether oxygens (including phenoxy) is 2. The van der Waals surface area contributed by atoms with Crippen molar-refractivity contribution in [1.82, 2.24) is 4.90 Å². The van der Waals surface area contributed by atoms with Gasteiger partial charge in [0.25, 0.3) is 0 Å². The van der Waals surface area contributed by atoms with E-state index in [0.29, 0.717) is 13.2 Å². The minimum absolute atomic E-state index is 0.146. The molecule has 1 aliphatic heterocycles. The normalized spacial score (nSPS) is 20.4. The zero-order chi connectivity index (χ0) is 13.5. The van der Waals surface area contributed by atoms with E-state index < -0.39 is 0 Å². The Morgan fingerprint density at radius 2 is 2.37 bits per heavy atom. The molecule has 2 rings (SSSR count). The highest BCUT2D eigenvalue weighted by atomic mass is 16.5. The first-order valence-corrected chi connectivity index (χ1v) is 6.91. The van der Waals surface area contributed by atoms with Crippen molar-refractivity contribution in [1.29, 1.82) is 0 Å². The third-order valence-corrected chi connectivity index (χ3v) is 3.41. The van der Waals surface area contributed by atoms with E-state index in [4.69, 9.17) is 9.47 Å². The van der Waals surface area contributed by atoms with Gasteiger partial charge in [0, 0.05) is 13.1 Å². The van der Waals surface area contributed by atoms with Crippen molar-refractivity contribution in [2.45, 2.75) is 19.4 Å². The molecule has 1 saturated heterocycles. The highest BCUT2D eigenvalue weighted by molar-refractivity contribution is 5.27. The summed E-state index contributed by atoms with van der Waals surface area (Å²) in [4.78, 5) is 2.28. The van der Waals surface area contributed by atoms with E-state index in [1.165, 1.54) is 5.56 Å². The van der Waals surface area contributed by atoms with Crippen LogP contribution in [0.2, 0.25) is 0 Å². The van der Waals surface area contributed by atoms with Crippen LogP contribution in [0.3, 0.4) is 0 Å². The minimum atomic E-state index is 0.146. The van der Waals surface area contributed by atoms with E-state index in [1.807, 2.05) is 18.2 Å². The molecule has 0 bridgehead atoms. The smallest absolute Gasteiger partial charge is 0.119 e. The van der Waals surface area contributed by atoms with Crippen LogP contribution in [0.5, 0.6) is 5.75 Å². The largest absolute Gasteiger partial charge is 0.494 e. The zero-order valence-electron chi connectivity index (χ0n) is 11.5. The molecular weight excluding hydrogens is 242 g/mol. The Bertz CT molecular complexity index is 383. The van der Waals surface area contributed by atoms with Crippen molar-refractivity contribution < 1.29 is 14.6 Å². The summed E-state index contributed by atoms with van der Waals surface area (Å²) in [6, 6.07) is 8.25. The van der Waals surface area contributed by atoms with Gasteiger partial charge in [-0.05, 0) is 31.0 Å². The van der Waals surface area contributed by atoms with Gasteiger partial charge in [-0.2, -0.15) is 0 Å². The second kappa shape index (κ2) is 7.48. The number of rotatable bonds is 6. The van der Waals surface area contributed by atoms with Crippen LogP contribution >= 0.6 is 0 Å². The number of aliphatic hydroxyl groups is 1. The van der Waals surface area contributed by atoms with E-state index in [-0.39, 0.29) is 12.6 Å². The number of benzene rings is 1. The molecule has 0 radical (unpaired) electrons. The Labute approximate surface area is 114 Å². The first-order valence-electron chi connectivity index (χ1n) is 6.91. The van der Waals surface area contributed by atoms with E-state index >= 15 is 0 Å². The number of hydrogen-bond donors (Lipinski definition) is 1. The van der Waals surface area contributed by atoms with Crippen molar-refractivity contribution in [3.63, 3.8) is 0 Å². The molecule has 1 N–H and O–H groups in total. The van der Waals surface area contributed by atoms with Gasteiger partial charge in [0.2, 0.25) is 0 Å². The van der Waals surface area contributed by atoms with Crippen LogP contribution in [0.25, 0.3) is 0 Å². The van der Waals surface area contributed by atoms with Crippen LogP contribution in [0.15, 0.2) is 24.3 Å². The monoisotopic (exact) mass is 265 g/mol. The summed E-state index contributed by atoms with van der Waals surface area (Å²) in [6.45, 7) is 6.17. The average Bonchev–Trinajstić information content (AvgIpc) is 2.44. The molecule has 4 nitrogen and oxygen atoms in total. The second-order valence-electron chi connectivity index (χ2n) is 4.97. The predicted molar refractivity (Wildman–Crippen MR) is 74.6 cm³/mol. The molecule has 4 heteroatoms. The van der Waals surface area contributed by atoms with Gasteiger partial charge in [-0.3, -0.25) is 4.90 Å². The first kappa shape index (κ1) is 14.3. The summed E-state index contributed by atoms with van der Waals surface area (Å²) >= 11 is 0. The van der Waals surface area contributed by atoms with Gasteiger partial charge in [-0.25, -0.2) is 0 Å². The molecule has 0 spiro atoms. The number of aryl methyl sites for hydroxylation is 1. The molecule has 1 unspecified atom stereocenters. The van der Waals surface area contributed by atoms with Crippen molar-refractivity contribution in [3.05, 3.63) is 29.8 Å². The third kappa shape index (κ3) is 4.49. The first-order chi connectivity index (χ1) is 9.29. The molecule has 1 aromatic carbocycles. The van der Waals surface area contributed by atoms with Crippen LogP contribution in [-0.4, -0.2) is 55.6 Å². The van der Waals surface area contributed by atoms with Gasteiger partial charge in [-0.1, -0.05) is 12.1 Å². The van der Waals surface area contributed by atoms with Gasteiger partial charge >= 0.3 is 0 Å². The lowest BCUT2D eigenvalue weighted by Gasteiger charge is -2.34.